The summed E-state index contributed by atoms with van der Waals surface area (Å²) >= 11 is 0. The Kier molecular flexibility index (Phi) is 4.29. The number of hydrogen-bond acceptors (Lipinski definition) is 3. The van der Waals surface area contributed by atoms with Gasteiger partial charge >= 0.3 is 0 Å². The number of rotatable bonds is 3. The summed E-state index contributed by atoms with van der Waals surface area (Å²) in [6, 6.07) is 17.1. The van der Waals surface area contributed by atoms with E-state index in [2.05, 4.69) is 0 Å². The maximum Gasteiger partial charge on any atom is 0.162 e. The van der Waals surface area contributed by atoms with Crippen molar-refractivity contribution in [3.63, 3.8) is 0 Å². The number of carbonyl (C=O) groups excluding carboxylic acids is 1. The number of phenols is 1. The zero-order valence-corrected chi connectivity index (χ0v) is 13.0. The third kappa shape index (κ3) is 3.34. The van der Waals surface area contributed by atoms with Crippen molar-refractivity contribution < 1.29 is 9.90 Å². The van der Waals surface area contributed by atoms with Crippen LogP contribution in [0.15, 0.2) is 72.4 Å². The van der Waals surface area contributed by atoms with Gasteiger partial charge in [0.05, 0.1) is 11.7 Å². The van der Waals surface area contributed by atoms with Crippen LogP contribution in [-0.2, 0) is 4.79 Å². The Morgan fingerprint density at radius 2 is 1.78 bits per heavy atom. The maximum atomic E-state index is 12.1. The minimum atomic E-state index is -0.111. The average molecular weight is 305 g/mol. The number of anilines is 1. The summed E-state index contributed by atoms with van der Waals surface area (Å²) in [7, 11) is 0. The Morgan fingerprint density at radius 1 is 1.09 bits per heavy atom. The molecular weight excluding hydrogens is 286 g/mol. The average Bonchev–Trinajstić information content (AvgIpc) is 2.57. The van der Waals surface area contributed by atoms with Crippen LogP contribution in [-0.4, -0.2) is 16.9 Å². The van der Waals surface area contributed by atoms with E-state index >= 15 is 0 Å². The van der Waals surface area contributed by atoms with Crippen LogP contribution in [0.4, 0.5) is 5.69 Å². The van der Waals surface area contributed by atoms with Crippen molar-refractivity contribution in [2.75, 3.05) is 4.90 Å². The van der Waals surface area contributed by atoms with Crippen molar-refractivity contribution in [3.05, 3.63) is 78.0 Å². The minimum absolute atomic E-state index is 0.111. The summed E-state index contributed by atoms with van der Waals surface area (Å²) in [6.07, 6.45) is 6.25. The molecule has 1 aliphatic heterocycles. The Hall–Kier alpha value is -2.81. The summed E-state index contributed by atoms with van der Waals surface area (Å²) in [6.45, 7) is 1.81. The zero-order valence-electron chi connectivity index (χ0n) is 13.0. The molecular formula is C20H19NO2. The molecule has 3 nitrogen and oxygen atoms in total. The fourth-order valence-corrected chi connectivity index (χ4v) is 2.70. The number of ketones is 1. The van der Waals surface area contributed by atoms with Gasteiger partial charge in [-0.05, 0) is 24.6 Å². The monoisotopic (exact) mass is 305 g/mol. The van der Waals surface area contributed by atoms with Crippen LogP contribution in [0.2, 0.25) is 0 Å². The van der Waals surface area contributed by atoms with Crippen molar-refractivity contribution >= 4 is 17.5 Å². The Balaban J connectivity index is 1.95. The van der Waals surface area contributed by atoms with Crippen LogP contribution in [0.5, 0.6) is 5.75 Å². The molecule has 0 saturated carbocycles. The highest BCUT2D eigenvalue weighted by Crippen LogP contribution is 2.32. The van der Waals surface area contributed by atoms with E-state index in [4.69, 9.17) is 0 Å². The fourth-order valence-electron chi connectivity index (χ4n) is 2.70. The van der Waals surface area contributed by atoms with Crippen LogP contribution in [0.3, 0.4) is 0 Å². The highest BCUT2D eigenvalue weighted by atomic mass is 16.3. The lowest BCUT2D eigenvalue weighted by molar-refractivity contribution is -0.115. The molecule has 0 fully saturated rings. The second kappa shape index (κ2) is 6.53. The number of Topliss-reactive ketones (excluding diaryl/α,β-unsaturated/α-hetero) is 1. The molecule has 1 atom stereocenters. The first-order valence-corrected chi connectivity index (χ1v) is 7.66. The number of phenolic OH excluding ortho intramolecular Hbond substituents is 1. The molecule has 2 aromatic rings. The number of allylic oxidation sites excluding steroid dienone is 1. The van der Waals surface area contributed by atoms with Gasteiger partial charge in [0.25, 0.3) is 0 Å². The van der Waals surface area contributed by atoms with Crippen LogP contribution in [0, 0.1) is 0 Å². The molecule has 0 amide bonds. The van der Waals surface area contributed by atoms with Crippen molar-refractivity contribution in [3.8, 4) is 5.75 Å². The summed E-state index contributed by atoms with van der Waals surface area (Å²) in [4.78, 5) is 14.1. The van der Waals surface area contributed by atoms with Crippen molar-refractivity contribution in [1.82, 2.24) is 0 Å². The minimum Gasteiger partial charge on any atom is -0.506 e. The molecule has 3 heteroatoms. The van der Waals surface area contributed by atoms with Crippen LogP contribution in [0.1, 0.15) is 18.9 Å². The van der Waals surface area contributed by atoms with Gasteiger partial charge < -0.3 is 10.0 Å². The molecule has 0 aliphatic carbocycles. The maximum absolute atomic E-state index is 12.1. The van der Waals surface area contributed by atoms with Crippen LogP contribution >= 0.6 is 0 Å². The lowest BCUT2D eigenvalue weighted by Gasteiger charge is -2.32. The van der Waals surface area contributed by atoms with Gasteiger partial charge in [-0.3, -0.25) is 4.79 Å². The second-order valence-corrected chi connectivity index (χ2v) is 5.67. The van der Waals surface area contributed by atoms with Gasteiger partial charge in [0, 0.05) is 18.2 Å². The van der Waals surface area contributed by atoms with Gasteiger partial charge in [-0.2, -0.15) is 0 Å². The van der Waals surface area contributed by atoms with Gasteiger partial charge in [-0.1, -0.05) is 54.6 Å². The normalized spacial score (nSPS) is 18.3. The number of para-hydroxylation sites is 2. The van der Waals surface area contributed by atoms with Crippen molar-refractivity contribution in [1.29, 1.82) is 0 Å². The van der Waals surface area contributed by atoms with Gasteiger partial charge in [-0.25, -0.2) is 0 Å². The summed E-state index contributed by atoms with van der Waals surface area (Å²) in [5.74, 6) is 0.350. The molecule has 0 aromatic heterocycles. The first-order valence-electron chi connectivity index (χ1n) is 7.66. The largest absolute Gasteiger partial charge is 0.506 e. The molecule has 0 bridgehead atoms. The third-order valence-corrected chi connectivity index (χ3v) is 3.99. The van der Waals surface area contributed by atoms with E-state index in [0.29, 0.717) is 17.7 Å². The molecule has 0 saturated heterocycles. The van der Waals surface area contributed by atoms with E-state index in [0.717, 1.165) is 5.56 Å². The van der Waals surface area contributed by atoms with Crippen molar-refractivity contribution in [2.45, 2.75) is 19.4 Å². The number of nitrogens with zero attached hydrogens (tertiary/aromatic N) is 1. The summed E-state index contributed by atoms with van der Waals surface area (Å²) in [5, 5.41) is 10.1. The van der Waals surface area contributed by atoms with E-state index in [9.17, 15) is 9.90 Å². The number of aromatic hydroxyl groups is 1. The van der Waals surface area contributed by atoms with Gasteiger partial charge in [0.2, 0.25) is 0 Å². The summed E-state index contributed by atoms with van der Waals surface area (Å²) in [5.41, 5.74) is 2.50. The molecule has 116 valence electrons. The topological polar surface area (TPSA) is 40.5 Å². The lowest BCUT2D eigenvalue weighted by Crippen LogP contribution is -2.36. The highest BCUT2D eigenvalue weighted by molar-refractivity contribution is 5.97. The molecule has 1 aliphatic rings. The molecule has 0 spiro atoms. The van der Waals surface area contributed by atoms with E-state index in [-0.39, 0.29) is 17.6 Å². The molecule has 0 unspecified atom stereocenters. The predicted octanol–water partition coefficient (Wildman–Crippen LogP) is 4.16. The standard InChI is InChI=1S/C20H19NO2/c1-15-14-21(18-9-5-6-10-19(18)22)17(13-20(15)23)12-11-16-7-3-2-4-8-16/h2-12,14,17,22H,13H2,1H3/b12-11+/t17-/m1/s1. The van der Waals surface area contributed by atoms with E-state index in [1.54, 1.807) is 12.1 Å². The zero-order chi connectivity index (χ0) is 16.2. The van der Waals surface area contributed by atoms with Gasteiger partial charge in [-0.15, -0.1) is 0 Å². The van der Waals surface area contributed by atoms with Crippen LogP contribution in [0.25, 0.3) is 6.08 Å². The molecule has 23 heavy (non-hydrogen) atoms. The SMILES string of the molecule is CC1=CN(c2ccccc2O)[C@H](/C=C/c2ccccc2)CC1=O. The lowest BCUT2D eigenvalue weighted by atomic mass is 9.98. The quantitative estimate of drug-likeness (QED) is 0.925. The molecule has 1 N–H and O–H groups in total. The van der Waals surface area contributed by atoms with Crippen LogP contribution < -0.4 is 4.90 Å². The Labute approximate surface area is 136 Å². The fraction of sp³-hybridized carbons (Fsp3) is 0.150. The molecule has 0 radical (unpaired) electrons. The van der Waals surface area contributed by atoms with Crippen molar-refractivity contribution in [2.24, 2.45) is 0 Å². The second-order valence-electron chi connectivity index (χ2n) is 5.67. The van der Waals surface area contributed by atoms with Gasteiger partial charge in [0.1, 0.15) is 5.75 Å². The summed E-state index contributed by atoms with van der Waals surface area (Å²) < 4.78 is 0. The number of hydrogen-bond donors (Lipinski definition) is 1. The van der Waals surface area contributed by atoms with E-state index < -0.39 is 0 Å². The first kappa shape index (κ1) is 15.1. The molecule has 1 heterocycles. The highest BCUT2D eigenvalue weighted by Gasteiger charge is 2.26. The Morgan fingerprint density at radius 3 is 2.52 bits per heavy atom. The molecule has 2 aromatic carbocycles. The Bertz CT molecular complexity index is 762. The van der Waals surface area contributed by atoms with E-state index in [1.807, 2.05) is 72.6 Å². The first-order chi connectivity index (χ1) is 11.1. The molecule has 3 rings (SSSR count). The number of benzene rings is 2. The smallest absolute Gasteiger partial charge is 0.162 e. The predicted molar refractivity (Wildman–Crippen MR) is 93.2 cm³/mol. The number of carbonyl (C=O) groups is 1. The van der Waals surface area contributed by atoms with E-state index in [1.165, 1.54) is 0 Å². The van der Waals surface area contributed by atoms with Gasteiger partial charge in [0.15, 0.2) is 5.78 Å². The third-order valence-electron chi connectivity index (χ3n) is 3.99.